The van der Waals surface area contributed by atoms with E-state index in [1.165, 1.54) is 4.31 Å². The van der Waals surface area contributed by atoms with Crippen LogP contribution in [-0.4, -0.2) is 62.8 Å². The van der Waals surface area contributed by atoms with Crippen molar-refractivity contribution in [2.24, 2.45) is 0 Å². The average molecular weight is 472 g/mol. The lowest BCUT2D eigenvalue weighted by atomic mass is 10.1. The van der Waals surface area contributed by atoms with Gasteiger partial charge in [0.05, 0.1) is 11.3 Å². The van der Waals surface area contributed by atoms with Gasteiger partial charge in [0.2, 0.25) is 15.9 Å². The Labute approximate surface area is 189 Å². The molecular formula is C21H27Cl2N3O3S. The highest BCUT2D eigenvalue weighted by molar-refractivity contribution is 7.89. The first-order chi connectivity index (χ1) is 13.8. The summed E-state index contributed by atoms with van der Waals surface area (Å²) in [7, 11) is -3.45. The van der Waals surface area contributed by atoms with Crippen LogP contribution < -0.4 is 5.32 Å². The molecule has 3 rings (SSSR count). The van der Waals surface area contributed by atoms with Crippen molar-refractivity contribution < 1.29 is 13.2 Å². The van der Waals surface area contributed by atoms with E-state index in [-0.39, 0.29) is 18.3 Å². The standard InChI is InChI=1S/C21H26ClN3O3S.ClH/c1-17-2-8-20(9-3-17)29(27,28)25-14-12-24(13-15-25)11-10-23-21(26)16-18-4-6-19(22)7-5-18;/h2-9H,10-16H2,1H3,(H,23,26);1H. The molecule has 1 heterocycles. The van der Waals surface area contributed by atoms with Crippen molar-refractivity contribution in [2.45, 2.75) is 18.2 Å². The molecule has 9 heteroatoms. The van der Waals surface area contributed by atoms with E-state index < -0.39 is 10.0 Å². The first-order valence-corrected chi connectivity index (χ1v) is 11.5. The molecule has 0 radical (unpaired) electrons. The molecule has 0 bridgehead atoms. The zero-order valence-corrected chi connectivity index (χ0v) is 19.3. The molecule has 1 amide bonds. The molecule has 0 unspecified atom stereocenters. The molecule has 2 aromatic rings. The molecule has 0 atom stereocenters. The first-order valence-electron chi connectivity index (χ1n) is 9.65. The van der Waals surface area contributed by atoms with E-state index in [2.05, 4.69) is 10.2 Å². The Morgan fingerprint density at radius 2 is 1.60 bits per heavy atom. The Morgan fingerprint density at radius 3 is 2.20 bits per heavy atom. The van der Waals surface area contributed by atoms with Crippen molar-refractivity contribution in [1.82, 2.24) is 14.5 Å². The third-order valence-corrected chi connectivity index (χ3v) is 7.18. The van der Waals surface area contributed by atoms with Crippen LogP contribution in [0.2, 0.25) is 5.02 Å². The van der Waals surface area contributed by atoms with Gasteiger partial charge in [-0.1, -0.05) is 41.4 Å². The minimum atomic E-state index is -3.45. The highest BCUT2D eigenvalue weighted by atomic mass is 35.5. The summed E-state index contributed by atoms with van der Waals surface area (Å²) in [6.07, 6.45) is 0.319. The zero-order valence-electron chi connectivity index (χ0n) is 16.9. The summed E-state index contributed by atoms with van der Waals surface area (Å²) in [6, 6.07) is 14.2. The zero-order chi connectivity index (χ0) is 20.9. The summed E-state index contributed by atoms with van der Waals surface area (Å²) in [5.74, 6) is -0.0343. The third kappa shape index (κ3) is 6.68. The first kappa shape index (κ1) is 24.6. The van der Waals surface area contributed by atoms with Gasteiger partial charge >= 0.3 is 0 Å². The van der Waals surface area contributed by atoms with Gasteiger partial charge < -0.3 is 5.32 Å². The van der Waals surface area contributed by atoms with Crippen molar-refractivity contribution in [3.63, 3.8) is 0 Å². The molecule has 1 N–H and O–H groups in total. The van der Waals surface area contributed by atoms with E-state index in [4.69, 9.17) is 11.6 Å². The van der Waals surface area contributed by atoms with Crippen LogP contribution >= 0.6 is 24.0 Å². The summed E-state index contributed by atoms with van der Waals surface area (Å²) in [5, 5.41) is 3.57. The van der Waals surface area contributed by atoms with E-state index in [1.54, 1.807) is 24.3 Å². The summed E-state index contributed by atoms with van der Waals surface area (Å²) in [6.45, 7) is 5.38. The maximum atomic E-state index is 12.7. The third-order valence-electron chi connectivity index (χ3n) is 5.02. The molecule has 0 aromatic heterocycles. The minimum absolute atomic E-state index is 0. The SMILES string of the molecule is Cc1ccc(S(=O)(=O)N2CCN(CCNC(=O)Cc3ccc(Cl)cc3)CC2)cc1.Cl. The molecule has 1 aliphatic heterocycles. The Balaban J connectivity index is 0.00000320. The van der Waals surface area contributed by atoms with E-state index in [0.717, 1.165) is 11.1 Å². The van der Waals surface area contributed by atoms with Gasteiger partial charge in [-0.3, -0.25) is 9.69 Å². The number of benzene rings is 2. The van der Waals surface area contributed by atoms with Gasteiger partial charge in [0, 0.05) is 44.3 Å². The fourth-order valence-corrected chi connectivity index (χ4v) is 4.80. The van der Waals surface area contributed by atoms with Gasteiger partial charge in [-0.15, -0.1) is 12.4 Å². The van der Waals surface area contributed by atoms with Crippen molar-refractivity contribution in [3.05, 3.63) is 64.7 Å². The van der Waals surface area contributed by atoms with Crippen LogP contribution in [0.15, 0.2) is 53.4 Å². The monoisotopic (exact) mass is 471 g/mol. The Bertz CT molecular complexity index is 927. The number of hydrogen-bond donors (Lipinski definition) is 1. The summed E-state index contributed by atoms with van der Waals surface area (Å²) < 4.78 is 27.0. The van der Waals surface area contributed by atoms with Gasteiger partial charge in [-0.05, 0) is 36.8 Å². The molecule has 164 valence electrons. The number of amides is 1. The van der Waals surface area contributed by atoms with Crippen molar-refractivity contribution in [2.75, 3.05) is 39.3 Å². The summed E-state index contributed by atoms with van der Waals surface area (Å²) in [5.41, 5.74) is 1.95. The van der Waals surface area contributed by atoms with Crippen LogP contribution in [0.1, 0.15) is 11.1 Å². The second kappa shape index (κ2) is 11.1. The lowest BCUT2D eigenvalue weighted by molar-refractivity contribution is -0.120. The van der Waals surface area contributed by atoms with Gasteiger partial charge in [-0.25, -0.2) is 8.42 Å². The Morgan fingerprint density at radius 1 is 1.00 bits per heavy atom. The number of halogens is 2. The van der Waals surface area contributed by atoms with Crippen molar-refractivity contribution in [3.8, 4) is 0 Å². The van der Waals surface area contributed by atoms with Crippen LogP contribution in [0, 0.1) is 6.92 Å². The number of nitrogens with zero attached hydrogens (tertiary/aromatic N) is 2. The van der Waals surface area contributed by atoms with Gasteiger partial charge in [-0.2, -0.15) is 4.31 Å². The predicted molar refractivity (Wildman–Crippen MR) is 122 cm³/mol. The van der Waals surface area contributed by atoms with Gasteiger partial charge in [0.25, 0.3) is 0 Å². The van der Waals surface area contributed by atoms with Crippen LogP contribution in [0.5, 0.6) is 0 Å². The number of rotatable bonds is 7. The molecule has 30 heavy (non-hydrogen) atoms. The van der Waals surface area contributed by atoms with Gasteiger partial charge in [0.15, 0.2) is 0 Å². The molecule has 0 aliphatic carbocycles. The van der Waals surface area contributed by atoms with E-state index >= 15 is 0 Å². The number of piperazine rings is 1. The van der Waals surface area contributed by atoms with Crippen LogP contribution in [0.25, 0.3) is 0 Å². The average Bonchev–Trinajstić information content (AvgIpc) is 2.70. The van der Waals surface area contributed by atoms with Gasteiger partial charge in [0.1, 0.15) is 0 Å². The summed E-state index contributed by atoms with van der Waals surface area (Å²) in [4.78, 5) is 14.6. The maximum Gasteiger partial charge on any atom is 0.243 e. The number of aryl methyl sites for hydroxylation is 1. The Kier molecular flexibility index (Phi) is 9.12. The number of carbonyl (C=O) groups is 1. The maximum absolute atomic E-state index is 12.7. The minimum Gasteiger partial charge on any atom is -0.355 e. The number of nitrogens with one attached hydrogen (secondary N) is 1. The molecule has 1 fully saturated rings. The molecule has 1 saturated heterocycles. The topological polar surface area (TPSA) is 69.7 Å². The van der Waals surface area contributed by atoms with Crippen molar-refractivity contribution in [1.29, 1.82) is 0 Å². The number of sulfonamides is 1. The van der Waals surface area contributed by atoms with E-state index in [1.807, 2.05) is 31.2 Å². The number of carbonyl (C=O) groups excluding carboxylic acids is 1. The fourth-order valence-electron chi connectivity index (χ4n) is 3.26. The number of hydrogen-bond acceptors (Lipinski definition) is 4. The second-order valence-electron chi connectivity index (χ2n) is 7.21. The predicted octanol–water partition coefficient (Wildman–Crippen LogP) is 2.74. The molecule has 0 saturated carbocycles. The molecule has 1 aliphatic rings. The smallest absolute Gasteiger partial charge is 0.243 e. The largest absolute Gasteiger partial charge is 0.355 e. The highest BCUT2D eigenvalue weighted by Gasteiger charge is 2.28. The van der Waals surface area contributed by atoms with Crippen LogP contribution in [0.4, 0.5) is 0 Å². The normalized spacial score (nSPS) is 15.4. The van der Waals surface area contributed by atoms with E-state index in [9.17, 15) is 13.2 Å². The summed E-state index contributed by atoms with van der Waals surface area (Å²) >= 11 is 5.85. The lowest BCUT2D eigenvalue weighted by Crippen LogP contribution is -2.50. The lowest BCUT2D eigenvalue weighted by Gasteiger charge is -2.34. The second-order valence-corrected chi connectivity index (χ2v) is 9.59. The molecule has 0 spiro atoms. The molecular weight excluding hydrogens is 445 g/mol. The highest BCUT2D eigenvalue weighted by Crippen LogP contribution is 2.18. The Hall–Kier alpha value is -1.64. The quantitative estimate of drug-likeness (QED) is 0.673. The molecule has 2 aromatic carbocycles. The fraction of sp³-hybridized carbons (Fsp3) is 0.381. The van der Waals surface area contributed by atoms with Crippen LogP contribution in [0.3, 0.4) is 0 Å². The van der Waals surface area contributed by atoms with Crippen LogP contribution in [-0.2, 0) is 21.2 Å². The van der Waals surface area contributed by atoms with Crippen molar-refractivity contribution >= 4 is 39.9 Å². The van der Waals surface area contributed by atoms with E-state index in [0.29, 0.717) is 55.6 Å². The molecule has 6 nitrogen and oxygen atoms in total.